The Morgan fingerprint density at radius 3 is 2.25 bits per heavy atom. The molecule has 0 saturated heterocycles. The van der Waals surface area contributed by atoms with Gasteiger partial charge in [0, 0.05) is 16.7 Å². The van der Waals surface area contributed by atoms with E-state index in [0.717, 1.165) is 35.1 Å². The summed E-state index contributed by atoms with van der Waals surface area (Å²) >= 11 is 3.37. The van der Waals surface area contributed by atoms with Crippen molar-refractivity contribution in [3.8, 4) is 0 Å². The molecule has 0 atom stereocenters. The zero-order valence-corrected chi connectivity index (χ0v) is 8.47. The van der Waals surface area contributed by atoms with Crippen LogP contribution in [0.3, 0.4) is 0 Å². The average Bonchev–Trinajstić information content (AvgIpc) is 2.04. The minimum absolute atomic E-state index is 0.802. The van der Waals surface area contributed by atoms with Gasteiger partial charge in [-0.1, -0.05) is 22.0 Å². The summed E-state index contributed by atoms with van der Waals surface area (Å²) in [7, 11) is 0. The molecule has 0 amide bonds. The van der Waals surface area contributed by atoms with E-state index in [1.807, 2.05) is 18.2 Å². The molecule has 4 N–H and O–H groups in total. The normalized spacial score (nSPS) is 10.1. The summed E-state index contributed by atoms with van der Waals surface area (Å²) in [5.41, 5.74) is 14.2. The first-order valence-corrected chi connectivity index (χ1v) is 5.06. The lowest BCUT2D eigenvalue weighted by Crippen LogP contribution is -2.00. The van der Waals surface area contributed by atoms with E-state index >= 15 is 0 Å². The van der Waals surface area contributed by atoms with Gasteiger partial charge in [-0.15, -0.1) is 0 Å². The molecule has 0 saturated carbocycles. The van der Waals surface area contributed by atoms with Gasteiger partial charge in [-0.05, 0) is 30.5 Å². The lowest BCUT2D eigenvalue weighted by molar-refractivity contribution is 0.945. The molecule has 0 spiro atoms. The zero-order valence-electron chi connectivity index (χ0n) is 6.89. The zero-order chi connectivity index (χ0) is 8.97. The fourth-order valence-corrected chi connectivity index (χ4v) is 1.44. The molecule has 2 nitrogen and oxygen atoms in total. The van der Waals surface area contributed by atoms with Crippen molar-refractivity contribution in [3.05, 3.63) is 23.8 Å². The van der Waals surface area contributed by atoms with Gasteiger partial charge in [0.05, 0.1) is 0 Å². The summed E-state index contributed by atoms with van der Waals surface area (Å²) in [5.74, 6) is 0. The summed E-state index contributed by atoms with van der Waals surface area (Å²) in [5, 5.41) is 0.987. The molecular weight excluding hydrogens is 216 g/mol. The van der Waals surface area contributed by atoms with Gasteiger partial charge < -0.3 is 11.5 Å². The molecule has 1 aromatic carbocycles. The largest absolute Gasteiger partial charge is 0.398 e. The second-order valence-corrected chi connectivity index (χ2v) is 3.50. The summed E-state index contributed by atoms with van der Waals surface area (Å²) < 4.78 is 0. The summed E-state index contributed by atoms with van der Waals surface area (Å²) in [4.78, 5) is 0. The van der Waals surface area contributed by atoms with E-state index in [2.05, 4.69) is 15.9 Å². The first kappa shape index (κ1) is 9.39. The molecule has 0 radical (unpaired) electrons. The third-order valence-corrected chi connectivity index (χ3v) is 2.37. The predicted molar refractivity (Wildman–Crippen MR) is 57.4 cm³/mol. The highest BCUT2D eigenvalue weighted by molar-refractivity contribution is 9.09. The van der Waals surface area contributed by atoms with Crippen LogP contribution >= 0.6 is 15.9 Å². The molecule has 0 aliphatic heterocycles. The van der Waals surface area contributed by atoms with Gasteiger partial charge >= 0.3 is 0 Å². The first-order valence-electron chi connectivity index (χ1n) is 3.94. The number of halogens is 1. The third kappa shape index (κ3) is 2.14. The van der Waals surface area contributed by atoms with Crippen LogP contribution in [0.15, 0.2) is 18.2 Å². The van der Waals surface area contributed by atoms with Gasteiger partial charge in [0.15, 0.2) is 0 Å². The lowest BCUT2D eigenvalue weighted by atomic mass is 10.1. The third-order valence-electron chi connectivity index (χ3n) is 1.81. The number of rotatable bonds is 3. The molecule has 0 heterocycles. The minimum atomic E-state index is 0.802. The summed E-state index contributed by atoms with van der Waals surface area (Å²) in [6, 6.07) is 5.65. The molecular formula is C9H13BrN2. The fraction of sp³-hybridized carbons (Fsp3) is 0.333. The Bertz CT molecular complexity index is 240. The van der Waals surface area contributed by atoms with Crippen LogP contribution in [0.2, 0.25) is 0 Å². The van der Waals surface area contributed by atoms with E-state index in [1.54, 1.807) is 0 Å². The number of anilines is 2. The molecule has 1 aromatic rings. The number of nitrogens with two attached hydrogens (primary N) is 2. The molecule has 0 aliphatic rings. The molecule has 0 unspecified atom stereocenters. The maximum atomic E-state index is 5.77. The van der Waals surface area contributed by atoms with Crippen molar-refractivity contribution < 1.29 is 0 Å². The Kier molecular flexibility index (Phi) is 3.41. The van der Waals surface area contributed by atoms with Gasteiger partial charge in [-0.2, -0.15) is 0 Å². The molecule has 0 aromatic heterocycles. The van der Waals surface area contributed by atoms with Crippen LogP contribution in [0.4, 0.5) is 11.4 Å². The molecule has 66 valence electrons. The van der Waals surface area contributed by atoms with Gasteiger partial charge in [0.1, 0.15) is 0 Å². The van der Waals surface area contributed by atoms with E-state index in [-0.39, 0.29) is 0 Å². The van der Waals surface area contributed by atoms with Crippen molar-refractivity contribution >= 4 is 27.3 Å². The number of nitrogen functional groups attached to an aromatic ring is 2. The number of hydrogen-bond donors (Lipinski definition) is 2. The van der Waals surface area contributed by atoms with E-state index in [0.29, 0.717) is 0 Å². The number of hydrogen-bond acceptors (Lipinski definition) is 2. The second kappa shape index (κ2) is 4.36. The van der Waals surface area contributed by atoms with Crippen LogP contribution in [0.5, 0.6) is 0 Å². The van der Waals surface area contributed by atoms with Gasteiger partial charge in [-0.25, -0.2) is 0 Å². The van der Waals surface area contributed by atoms with Crippen LogP contribution in [0.25, 0.3) is 0 Å². The van der Waals surface area contributed by atoms with Crippen LogP contribution in [-0.2, 0) is 6.42 Å². The van der Waals surface area contributed by atoms with Crippen LogP contribution in [-0.4, -0.2) is 5.33 Å². The topological polar surface area (TPSA) is 52.0 Å². The smallest absolute Gasteiger partial charge is 0.0367 e. The molecule has 1 rings (SSSR count). The molecule has 0 fully saturated rings. The van der Waals surface area contributed by atoms with Crippen molar-refractivity contribution in [3.63, 3.8) is 0 Å². The quantitative estimate of drug-likeness (QED) is 0.616. The van der Waals surface area contributed by atoms with E-state index < -0.39 is 0 Å². The fourth-order valence-electron chi connectivity index (χ4n) is 1.16. The van der Waals surface area contributed by atoms with Gasteiger partial charge in [-0.3, -0.25) is 0 Å². The van der Waals surface area contributed by atoms with Gasteiger partial charge in [0.25, 0.3) is 0 Å². The Balaban J connectivity index is 2.81. The Labute approximate surface area is 81.1 Å². The highest BCUT2D eigenvalue weighted by Crippen LogP contribution is 2.20. The molecule has 0 bridgehead atoms. The van der Waals surface area contributed by atoms with Crippen LogP contribution in [0, 0.1) is 0 Å². The SMILES string of the molecule is Nc1cccc(N)c1CCCBr. The van der Waals surface area contributed by atoms with Crippen molar-refractivity contribution in [2.24, 2.45) is 0 Å². The van der Waals surface area contributed by atoms with Crippen molar-refractivity contribution in [2.75, 3.05) is 16.8 Å². The molecule has 12 heavy (non-hydrogen) atoms. The maximum absolute atomic E-state index is 5.77. The standard InChI is InChI=1S/C9H13BrN2/c10-6-2-3-7-8(11)4-1-5-9(7)12/h1,4-5H,2-3,6,11-12H2. The summed E-state index contributed by atoms with van der Waals surface area (Å²) in [6.45, 7) is 0. The first-order chi connectivity index (χ1) is 5.75. The highest BCUT2D eigenvalue weighted by Gasteiger charge is 2.01. The predicted octanol–water partition coefficient (Wildman–Crippen LogP) is 2.18. The monoisotopic (exact) mass is 228 g/mol. The maximum Gasteiger partial charge on any atom is 0.0367 e. The minimum Gasteiger partial charge on any atom is -0.398 e. The Hall–Kier alpha value is -0.700. The average molecular weight is 229 g/mol. The van der Waals surface area contributed by atoms with Crippen LogP contribution in [0.1, 0.15) is 12.0 Å². The van der Waals surface area contributed by atoms with Crippen molar-refractivity contribution in [1.82, 2.24) is 0 Å². The van der Waals surface area contributed by atoms with E-state index in [9.17, 15) is 0 Å². The molecule has 0 aliphatic carbocycles. The second-order valence-electron chi connectivity index (χ2n) is 2.71. The van der Waals surface area contributed by atoms with Gasteiger partial charge in [0.2, 0.25) is 0 Å². The summed E-state index contributed by atoms with van der Waals surface area (Å²) in [6.07, 6.45) is 2.02. The molecule has 3 heteroatoms. The van der Waals surface area contributed by atoms with Crippen molar-refractivity contribution in [2.45, 2.75) is 12.8 Å². The van der Waals surface area contributed by atoms with E-state index in [1.165, 1.54) is 0 Å². The lowest BCUT2D eigenvalue weighted by Gasteiger charge is -2.07. The number of alkyl halides is 1. The number of benzene rings is 1. The van der Waals surface area contributed by atoms with Crippen molar-refractivity contribution in [1.29, 1.82) is 0 Å². The van der Waals surface area contributed by atoms with Crippen LogP contribution < -0.4 is 11.5 Å². The highest BCUT2D eigenvalue weighted by atomic mass is 79.9. The Morgan fingerprint density at radius 1 is 1.17 bits per heavy atom. The Morgan fingerprint density at radius 2 is 1.75 bits per heavy atom. The van der Waals surface area contributed by atoms with E-state index in [4.69, 9.17) is 11.5 Å².